The standard InChI is InChI=1S/C16H11ClFIN2/c17-14-5-3-6-15(18)13(14)10-21-9-11(8-20-21)12-4-1-2-7-16(12)19/h1-9H,10H2. The average Bonchev–Trinajstić information content (AvgIpc) is 2.92. The lowest BCUT2D eigenvalue weighted by Crippen LogP contribution is -2.03. The summed E-state index contributed by atoms with van der Waals surface area (Å²) in [6, 6.07) is 12.8. The van der Waals surface area contributed by atoms with E-state index >= 15 is 0 Å². The van der Waals surface area contributed by atoms with Gasteiger partial charge in [-0.2, -0.15) is 5.10 Å². The van der Waals surface area contributed by atoms with E-state index < -0.39 is 0 Å². The van der Waals surface area contributed by atoms with Crippen molar-refractivity contribution >= 4 is 34.2 Å². The van der Waals surface area contributed by atoms with Gasteiger partial charge in [0.15, 0.2) is 0 Å². The van der Waals surface area contributed by atoms with Crippen molar-refractivity contribution in [3.8, 4) is 11.1 Å². The van der Waals surface area contributed by atoms with Crippen LogP contribution in [0.25, 0.3) is 11.1 Å². The first-order chi connectivity index (χ1) is 10.1. The third kappa shape index (κ3) is 3.11. The Bertz CT molecular complexity index is 765. The Morgan fingerprint density at radius 2 is 1.95 bits per heavy atom. The van der Waals surface area contributed by atoms with Crippen LogP contribution in [-0.2, 0) is 6.54 Å². The van der Waals surface area contributed by atoms with E-state index in [1.165, 1.54) is 6.07 Å². The van der Waals surface area contributed by atoms with Crippen LogP contribution in [0.3, 0.4) is 0 Å². The third-order valence-corrected chi connectivity index (χ3v) is 4.49. The molecule has 2 nitrogen and oxygen atoms in total. The maximum Gasteiger partial charge on any atom is 0.129 e. The number of halogens is 3. The summed E-state index contributed by atoms with van der Waals surface area (Å²) < 4.78 is 16.7. The highest BCUT2D eigenvalue weighted by Gasteiger charge is 2.10. The number of hydrogen-bond acceptors (Lipinski definition) is 1. The molecule has 0 atom stereocenters. The van der Waals surface area contributed by atoms with Gasteiger partial charge in [-0.25, -0.2) is 4.39 Å². The smallest absolute Gasteiger partial charge is 0.129 e. The molecular formula is C16H11ClFIN2. The number of hydrogen-bond donors (Lipinski definition) is 0. The predicted molar refractivity (Wildman–Crippen MR) is 90.9 cm³/mol. The van der Waals surface area contributed by atoms with Crippen LogP contribution in [0.2, 0.25) is 5.02 Å². The van der Waals surface area contributed by atoms with Crippen molar-refractivity contribution in [2.45, 2.75) is 6.54 Å². The summed E-state index contributed by atoms with van der Waals surface area (Å²) in [4.78, 5) is 0. The SMILES string of the molecule is Fc1cccc(Cl)c1Cn1cc(-c2ccccc2I)cn1. The molecule has 0 saturated heterocycles. The Hall–Kier alpha value is -1.40. The molecule has 0 aliphatic heterocycles. The lowest BCUT2D eigenvalue weighted by atomic mass is 10.1. The molecule has 0 spiro atoms. The molecule has 3 rings (SSSR count). The molecule has 0 radical (unpaired) electrons. The normalized spacial score (nSPS) is 10.8. The first kappa shape index (κ1) is 14.5. The molecule has 0 fully saturated rings. The molecule has 1 heterocycles. The summed E-state index contributed by atoms with van der Waals surface area (Å²) in [5.41, 5.74) is 2.58. The van der Waals surface area contributed by atoms with Gasteiger partial charge in [-0.3, -0.25) is 4.68 Å². The number of benzene rings is 2. The van der Waals surface area contributed by atoms with Crippen molar-refractivity contribution in [1.29, 1.82) is 0 Å². The van der Waals surface area contributed by atoms with Crippen LogP contribution in [0.15, 0.2) is 54.9 Å². The van der Waals surface area contributed by atoms with E-state index in [0.29, 0.717) is 17.1 Å². The molecule has 2 aromatic carbocycles. The van der Waals surface area contributed by atoms with Gasteiger partial charge in [0, 0.05) is 25.9 Å². The van der Waals surface area contributed by atoms with Crippen LogP contribution < -0.4 is 0 Å². The maximum absolute atomic E-state index is 13.8. The van der Waals surface area contributed by atoms with Gasteiger partial charge in [-0.05, 0) is 46.4 Å². The Morgan fingerprint density at radius 3 is 2.71 bits per heavy atom. The van der Waals surface area contributed by atoms with Crippen molar-refractivity contribution in [1.82, 2.24) is 9.78 Å². The van der Waals surface area contributed by atoms with Crippen LogP contribution in [-0.4, -0.2) is 9.78 Å². The van der Waals surface area contributed by atoms with Crippen molar-refractivity contribution < 1.29 is 4.39 Å². The van der Waals surface area contributed by atoms with E-state index in [1.807, 2.05) is 30.5 Å². The maximum atomic E-state index is 13.8. The third-order valence-electron chi connectivity index (χ3n) is 3.20. The fourth-order valence-electron chi connectivity index (χ4n) is 2.13. The lowest BCUT2D eigenvalue weighted by molar-refractivity contribution is 0.585. The van der Waals surface area contributed by atoms with Gasteiger partial charge >= 0.3 is 0 Å². The summed E-state index contributed by atoms with van der Waals surface area (Å²) in [7, 11) is 0. The fourth-order valence-corrected chi connectivity index (χ4v) is 3.05. The zero-order chi connectivity index (χ0) is 14.8. The molecule has 1 aromatic heterocycles. The molecule has 0 saturated carbocycles. The topological polar surface area (TPSA) is 17.8 Å². The fraction of sp³-hybridized carbons (Fsp3) is 0.0625. The van der Waals surface area contributed by atoms with Crippen LogP contribution in [0, 0.1) is 9.39 Å². The minimum absolute atomic E-state index is 0.311. The zero-order valence-corrected chi connectivity index (χ0v) is 13.8. The highest BCUT2D eigenvalue weighted by atomic mass is 127. The quantitative estimate of drug-likeness (QED) is 0.554. The number of rotatable bonds is 3. The molecule has 0 aliphatic rings. The first-order valence-corrected chi connectivity index (χ1v) is 7.81. The molecule has 5 heteroatoms. The molecule has 21 heavy (non-hydrogen) atoms. The van der Waals surface area contributed by atoms with Gasteiger partial charge < -0.3 is 0 Å². The van der Waals surface area contributed by atoms with Crippen LogP contribution in [0.1, 0.15) is 5.56 Å². The van der Waals surface area contributed by atoms with Crippen LogP contribution in [0.4, 0.5) is 4.39 Å². The van der Waals surface area contributed by atoms with Gasteiger partial charge in [0.2, 0.25) is 0 Å². The first-order valence-electron chi connectivity index (χ1n) is 6.35. The molecule has 3 aromatic rings. The molecule has 0 N–H and O–H groups in total. The van der Waals surface area contributed by atoms with Gasteiger partial charge in [0.25, 0.3) is 0 Å². The Kier molecular flexibility index (Phi) is 4.26. The van der Waals surface area contributed by atoms with Crippen LogP contribution >= 0.6 is 34.2 Å². The highest BCUT2D eigenvalue weighted by molar-refractivity contribution is 14.1. The molecular weight excluding hydrogens is 402 g/mol. The minimum Gasteiger partial charge on any atom is -0.268 e. The predicted octanol–water partition coefficient (Wildman–Crippen LogP) is 5.00. The van der Waals surface area contributed by atoms with E-state index in [4.69, 9.17) is 11.6 Å². The van der Waals surface area contributed by atoms with E-state index in [1.54, 1.807) is 23.0 Å². The number of nitrogens with zero attached hydrogens (tertiary/aromatic N) is 2. The molecule has 0 amide bonds. The van der Waals surface area contributed by atoms with Gasteiger partial charge in [-0.15, -0.1) is 0 Å². The van der Waals surface area contributed by atoms with E-state index in [2.05, 4.69) is 27.7 Å². The second kappa shape index (κ2) is 6.15. The van der Waals surface area contributed by atoms with Gasteiger partial charge in [-0.1, -0.05) is 35.9 Å². The van der Waals surface area contributed by atoms with Crippen molar-refractivity contribution in [2.75, 3.05) is 0 Å². The average molecular weight is 413 g/mol. The summed E-state index contributed by atoms with van der Waals surface area (Å²) in [6.45, 7) is 0.314. The van der Waals surface area contributed by atoms with Crippen molar-refractivity contribution in [2.24, 2.45) is 0 Å². The lowest BCUT2D eigenvalue weighted by Gasteiger charge is -2.06. The van der Waals surface area contributed by atoms with E-state index in [9.17, 15) is 4.39 Å². The second-order valence-electron chi connectivity index (χ2n) is 4.61. The van der Waals surface area contributed by atoms with Gasteiger partial charge in [0.05, 0.1) is 12.7 Å². The Balaban J connectivity index is 1.91. The van der Waals surface area contributed by atoms with Gasteiger partial charge in [0.1, 0.15) is 5.82 Å². The summed E-state index contributed by atoms with van der Waals surface area (Å²) >= 11 is 8.34. The van der Waals surface area contributed by atoms with E-state index in [0.717, 1.165) is 14.7 Å². The zero-order valence-electron chi connectivity index (χ0n) is 10.9. The molecule has 0 unspecified atom stereocenters. The molecule has 0 aliphatic carbocycles. The Morgan fingerprint density at radius 1 is 1.14 bits per heavy atom. The number of aromatic nitrogens is 2. The highest BCUT2D eigenvalue weighted by Crippen LogP contribution is 2.25. The summed E-state index contributed by atoms with van der Waals surface area (Å²) in [5, 5.41) is 4.72. The van der Waals surface area contributed by atoms with Crippen molar-refractivity contribution in [3.05, 3.63) is 74.8 Å². The van der Waals surface area contributed by atoms with Crippen molar-refractivity contribution in [3.63, 3.8) is 0 Å². The van der Waals surface area contributed by atoms with Crippen LogP contribution in [0.5, 0.6) is 0 Å². The molecule has 106 valence electrons. The summed E-state index contributed by atoms with van der Waals surface area (Å²) in [5.74, 6) is -0.311. The minimum atomic E-state index is -0.311. The largest absolute Gasteiger partial charge is 0.268 e. The Labute approximate surface area is 140 Å². The second-order valence-corrected chi connectivity index (χ2v) is 6.18. The summed E-state index contributed by atoms with van der Waals surface area (Å²) in [6.07, 6.45) is 3.69. The monoisotopic (exact) mass is 412 g/mol. The molecule has 0 bridgehead atoms. The van der Waals surface area contributed by atoms with E-state index in [-0.39, 0.29) is 5.82 Å².